The third-order valence-electron chi connectivity index (χ3n) is 2.67. The van der Waals surface area contributed by atoms with E-state index < -0.39 is 0 Å². The van der Waals surface area contributed by atoms with Crippen molar-refractivity contribution in [2.45, 2.75) is 27.2 Å². The zero-order valence-electron chi connectivity index (χ0n) is 10.2. The molecule has 0 saturated heterocycles. The molecule has 0 aliphatic heterocycles. The summed E-state index contributed by atoms with van der Waals surface area (Å²) in [6.07, 6.45) is 4.12. The molecular formula is C12H15N3O2. The first-order chi connectivity index (χ1) is 8.19. The van der Waals surface area contributed by atoms with E-state index in [9.17, 15) is 4.79 Å². The summed E-state index contributed by atoms with van der Waals surface area (Å²) in [6, 6.07) is 0. The van der Waals surface area contributed by atoms with Gasteiger partial charge in [-0.2, -0.15) is 5.10 Å². The molecule has 0 radical (unpaired) electrons. The van der Waals surface area contributed by atoms with Gasteiger partial charge in [-0.15, -0.1) is 0 Å². The van der Waals surface area contributed by atoms with Gasteiger partial charge < -0.3 is 4.74 Å². The fraction of sp³-hybridized carbons (Fsp3) is 0.417. The fourth-order valence-corrected chi connectivity index (χ4v) is 1.84. The second-order valence-electron chi connectivity index (χ2n) is 3.76. The summed E-state index contributed by atoms with van der Waals surface area (Å²) in [5, 5.41) is 4.21. The van der Waals surface area contributed by atoms with Gasteiger partial charge in [-0.05, 0) is 25.8 Å². The Hall–Kier alpha value is -1.91. The largest absolute Gasteiger partial charge is 0.462 e. The predicted octanol–water partition coefficient (Wildman–Crippen LogP) is 1.78. The van der Waals surface area contributed by atoms with E-state index in [1.807, 2.05) is 13.8 Å². The quantitative estimate of drug-likeness (QED) is 0.758. The van der Waals surface area contributed by atoms with Crippen LogP contribution in [0.1, 0.15) is 35.5 Å². The van der Waals surface area contributed by atoms with Crippen molar-refractivity contribution in [1.82, 2.24) is 14.6 Å². The maximum absolute atomic E-state index is 11.7. The fourth-order valence-electron chi connectivity index (χ4n) is 1.84. The summed E-state index contributed by atoms with van der Waals surface area (Å²) in [7, 11) is 0. The average Bonchev–Trinajstić information content (AvgIpc) is 2.73. The Labute approximate surface area is 99.4 Å². The average molecular weight is 233 g/mol. The van der Waals surface area contributed by atoms with Crippen LogP contribution >= 0.6 is 0 Å². The number of carbonyl (C=O) groups excluding carboxylic acids is 1. The minimum atomic E-state index is -0.374. The summed E-state index contributed by atoms with van der Waals surface area (Å²) >= 11 is 0. The molecule has 0 spiro atoms. The van der Waals surface area contributed by atoms with Crippen molar-refractivity contribution in [3.05, 3.63) is 29.2 Å². The number of aryl methyl sites for hydroxylation is 2. The Morgan fingerprint density at radius 3 is 2.82 bits per heavy atom. The van der Waals surface area contributed by atoms with Gasteiger partial charge in [0.1, 0.15) is 5.56 Å². The second-order valence-corrected chi connectivity index (χ2v) is 3.76. The Morgan fingerprint density at radius 2 is 2.18 bits per heavy atom. The molecule has 5 nitrogen and oxygen atoms in total. The highest BCUT2D eigenvalue weighted by atomic mass is 16.5. The third-order valence-corrected chi connectivity index (χ3v) is 2.67. The Kier molecular flexibility index (Phi) is 3.08. The standard InChI is InChI=1S/C12H15N3O2/c1-4-10-8(3)6-13-11-9(7-14-15(10)11)12(16)17-5-2/h6-7H,4-5H2,1-3H3. The van der Waals surface area contributed by atoms with E-state index in [0.29, 0.717) is 17.8 Å². The van der Waals surface area contributed by atoms with Gasteiger partial charge in [-0.1, -0.05) is 6.92 Å². The van der Waals surface area contributed by atoms with Crippen molar-refractivity contribution >= 4 is 11.6 Å². The molecule has 0 amide bonds. The van der Waals surface area contributed by atoms with E-state index in [4.69, 9.17) is 4.74 Å². The molecule has 2 heterocycles. The number of esters is 1. The molecule has 0 atom stereocenters. The van der Waals surface area contributed by atoms with Gasteiger partial charge in [0.15, 0.2) is 5.65 Å². The SMILES string of the molecule is CCOC(=O)c1cnn2c(CC)c(C)cnc12. The Balaban J connectivity index is 2.59. The van der Waals surface area contributed by atoms with E-state index >= 15 is 0 Å². The monoisotopic (exact) mass is 233 g/mol. The minimum Gasteiger partial charge on any atom is -0.462 e. The van der Waals surface area contributed by atoms with Crippen molar-refractivity contribution in [2.75, 3.05) is 6.61 Å². The van der Waals surface area contributed by atoms with Crippen molar-refractivity contribution in [3.8, 4) is 0 Å². The minimum absolute atomic E-state index is 0.350. The van der Waals surface area contributed by atoms with Crippen molar-refractivity contribution < 1.29 is 9.53 Å². The number of rotatable bonds is 3. The first-order valence-electron chi connectivity index (χ1n) is 5.68. The van der Waals surface area contributed by atoms with Crippen LogP contribution in [0.3, 0.4) is 0 Å². The summed E-state index contributed by atoms with van der Waals surface area (Å²) in [5.74, 6) is -0.374. The van der Waals surface area contributed by atoms with Crippen LogP contribution in [0.25, 0.3) is 5.65 Å². The molecule has 2 aromatic heterocycles. The van der Waals surface area contributed by atoms with Gasteiger partial charge in [-0.3, -0.25) is 0 Å². The highest BCUT2D eigenvalue weighted by Crippen LogP contribution is 2.14. The summed E-state index contributed by atoms with van der Waals surface area (Å²) in [4.78, 5) is 15.9. The van der Waals surface area contributed by atoms with Crippen molar-refractivity contribution in [2.24, 2.45) is 0 Å². The van der Waals surface area contributed by atoms with Gasteiger partial charge in [0.05, 0.1) is 12.8 Å². The molecule has 0 unspecified atom stereocenters. The number of hydrogen-bond donors (Lipinski definition) is 0. The number of carbonyl (C=O) groups is 1. The zero-order valence-corrected chi connectivity index (χ0v) is 10.2. The van der Waals surface area contributed by atoms with Crippen LogP contribution in [-0.2, 0) is 11.2 Å². The van der Waals surface area contributed by atoms with Gasteiger partial charge in [0, 0.05) is 11.9 Å². The number of aromatic nitrogens is 3. The summed E-state index contributed by atoms with van der Waals surface area (Å²) in [6.45, 7) is 6.16. The first-order valence-corrected chi connectivity index (χ1v) is 5.68. The number of fused-ring (bicyclic) bond motifs is 1. The Bertz CT molecular complexity index is 560. The van der Waals surface area contributed by atoms with E-state index in [2.05, 4.69) is 10.1 Å². The maximum atomic E-state index is 11.7. The lowest BCUT2D eigenvalue weighted by atomic mass is 10.2. The van der Waals surface area contributed by atoms with E-state index in [-0.39, 0.29) is 5.97 Å². The number of hydrogen-bond acceptors (Lipinski definition) is 4. The summed E-state index contributed by atoms with van der Waals surface area (Å²) < 4.78 is 6.68. The molecule has 5 heteroatoms. The van der Waals surface area contributed by atoms with Crippen molar-refractivity contribution in [1.29, 1.82) is 0 Å². The van der Waals surface area contributed by atoms with Crippen LogP contribution in [-0.4, -0.2) is 27.2 Å². The highest BCUT2D eigenvalue weighted by molar-refractivity contribution is 5.95. The van der Waals surface area contributed by atoms with Gasteiger partial charge in [0.25, 0.3) is 0 Å². The second kappa shape index (κ2) is 4.53. The van der Waals surface area contributed by atoms with Crippen molar-refractivity contribution in [3.63, 3.8) is 0 Å². The van der Waals surface area contributed by atoms with E-state index in [1.165, 1.54) is 6.20 Å². The maximum Gasteiger partial charge on any atom is 0.343 e. The van der Waals surface area contributed by atoms with Crippen LogP contribution < -0.4 is 0 Å². The van der Waals surface area contributed by atoms with E-state index in [0.717, 1.165) is 17.7 Å². The van der Waals surface area contributed by atoms with Gasteiger partial charge in [-0.25, -0.2) is 14.3 Å². The van der Waals surface area contributed by atoms with Crippen LogP contribution in [0, 0.1) is 6.92 Å². The lowest BCUT2D eigenvalue weighted by Gasteiger charge is -2.05. The molecule has 90 valence electrons. The highest BCUT2D eigenvalue weighted by Gasteiger charge is 2.16. The molecule has 0 N–H and O–H groups in total. The van der Waals surface area contributed by atoms with Gasteiger partial charge in [0.2, 0.25) is 0 Å². The Morgan fingerprint density at radius 1 is 1.41 bits per heavy atom. The molecule has 0 aromatic carbocycles. The van der Waals surface area contributed by atoms with Crippen LogP contribution in [0.15, 0.2) is 12.4 Å². The third kappa shape index (κ3) is 1.88. The molecule has 0 fully saturated rings. The lowest BCUT2D eigenvalue weighted by Crippen LogP contribution is -2.07. The molecule has 2 rings (SSSR count). The number of ether oxygens (including phenoxy) is 1. The number of nitrogens with zero attached hydrogens (tertiary/aromatic N) is 3. The molecule has 0 saturated carbocycles. The molecule has 2 aromatic rings. The molecule has 0 aliphatic rings. The van der Waals surface area contributed by atoms with Gasteiger partial charge >= 0.3 is 5.97 Å². The van der Waals surface area contributed by atoms with Crippen LogP contribution in [0.5, 0.6) is 0 Å². The van der Waals surface area contributed by atoms with Crippen LogP contribution in [0.2, 0.25) is 0 Å². The van der Waals surface area contributed by atoms with Crippen LogP contribution in [0.4, 0.5) is 0 Å². The summed E-state index contributed by atoms with van der Waals surface area (Å²) in [5.41, 5.74) is 3.11. The topological polar surface area (TPSA) is 56.5 Å². The molecular weight excluding hydrogens is 218 g/mol. The molecule has 0 aliphatic carbocycles. The lowest BCUT2D eigenvalue weighted by molar-refractivity contribution is 0.0528. The van der Waals surface area contributed by atoms with E-state index in [1.54, 1.807) is 17.6 Å². The smallest absolute Gasteiger partial charge is 0.343 e. The molecule has 0 bridgehead atoms. The molecule has 17 heavy (non-hydrogen) atoms. The first kappa shape index (κ1) is 11.6. The predicted molar refractivity (Wildman–Crippen MR) is 63.1 cm³/mol. The normalized spacial score (nSPS) is 10.8. The zero-order chi connectivity index (χ0) is 12.4.